The quantitative estimate of drug-likeness (QED) is 0.629. The monoisotopic (exact) mass is 322 g/mol. The van der Waals surface area contributed by atoms with E-state index in [1.165, 1.54) is 12.1 Å². The van der Waals surface area contributed by atoms with Gasteiger partial charge in [-0.1, -0.05) is 11.2 Å². The van der Waals surface area contributed by atoms with E-state index in [-0.39, 0.29) is 17.4 Å². The number of nitrogens with one attached hydrogen (secondary N) is 1. The van der Waals surface area contributed by atoms with Gasteiger partial charge in [-0.15, -0.1) is 0 Å². The van der Waals surface area contributed by atoms with Crippen molar-refractivity contribution < 1.29 is 19.5 Å². The Balaban J connectivity index is 1.67. The first-order valence-corrected chi connectivity index (χ1v) is 7.52. The molecule has 0 spiro atoms. The molecule has 2 aromatic carbocycles. The average Bonchev–Trinajstić information content (AvgIpc) is 3.07. The summed E-state index contributed by atoms with van der Waals surface area (Å²) in [6.07, 6.45) is 1.18. The lowest BCUT2D eigenvalue weighted by molar-refractivity contribution is -0.116. The smallest absolute Gasteiger partial charge is 0.224 e. The van der Waals surface area contributed by atoms with Crippen molar-refractivity contribution in [2.75, 3.05) is 5.32 Å². The Kier molecular flexibility index (Phi) is 3.23. The second-order valence-electron chi connectivity index (χ2n) is 5.70. The molecule has 1 aliphatic rings. The number of aryl methyl sites for hydroxylation is 1. The minimum Gasteiger partial charge on any atom is -0.504 e. The second kappa shape index (κ2) is 5.42. The van der Waals surface area contributed by atoms with Gasteiger partial charge in [0.25, 0.3) is 0 Å². The molecular weight excluding hydrogens is 308 g/mol. The van der Waals surface area contributed by atoms with E-state index < -0.39 is 0 Å². The van der Waals surface area contributed by atoms with Crippen molar-refractivity contribution in [3.63, 3.8) is 0 Å². The Morgan fingerprint density at radius 2 is 1.79 bits per heavy atom. The van der Waals surface area contributed by atoms with Crippen molar-refractivity contribution in [2.45, 2.75) is 12.8 Å². The number of hydrogen-bond acceptors (Lipinski definition) is 5. The summed E-state index contributed by atoms with van der Waals surface area (Å²) in [7, 11) is 0. The molecule has 0 unspecified atom stereocenters. The molecule has 6 nitrogen and oxygen atoms in total. The number of carbonyl (C=O) groups excluding carboxylic acids is 1. The highest BCUT2D eigenvalue weighted by Crippen LogP contribution is 2.33. The van der Waals surface area contributed by atoms with E-state index >= 15 is 0 Å². The van der Waals surface area contributed by atoms with Crippen LogP contribution in [0.4, 0.5) is 5.69 Å². The Bertz CT molecular complexity index is 946. The fourth-order valence-electron chi connectivity index (χ4n) is 2.77. The summed E-state index contributed by atoms with van der Waals surface area (Å²) in [4.78, 5) is 11.4. The summed E-state index contributed by atoms with van der Waals surface area (Å²) in [5.41, 5.74) is 4.08. The van der Waals surface area contributed by atoms with E-state index in [1.54, 1.807) is 12.1 Å². The highest BCUT2D eigenvalue weighted by Gasteiger charge is 2.17. The Labute approximate surface area is 137 Å². The number of aromatic hydroxyl groups is 2. The van der Waals surface area contributed by atoms with Crippen molar-refractivity contribution in [1.82, 2.24) is 5.16 Å². The first kappa shape index (κ1) is 14.3. The fraction of sp³-hybridized carbons (Fsp3) is 0.111. The number of amides is 1. The third kappa shape index (κ3) is 2.48. The van der Waals surface area contributed by atoms with Crippen molar-refractivity contribution >= 4 is 11.6 Å². The van der Waals surface area contributed by atoms with Crippen molar-refractivity contribution in [3.05, 3.63) is 48.0 Å². The molecule has 24 heavy (non-hydrogen) atoms. The number of fused-ring (bicyclic) bond motifs is 1. The van der Waals surface area contributed by atoms with Crippen LogP contribution in [0.2, 0.25) is 0 Å². The third-order valence-electron chi connectivity index (χ3n) is 4.07. The van der Waals surface area contributed by atoms with E-state index in [0.29, 0.717) is 29.9 Å². The van der Waals surface area contributed by atoms with Crippen LogP contribution in [0, 0.1) is 0 Å². The molecule has 0 bridgehead atoms. The molecule has 0 radical (unpaired) electrons. The Morgan fingerprint density at radius 3 is 2.62 bits per heavy atom. The largest absolute Gasteiger partial charge is 0.504 e. The summed E-state index contributed by atoms with van der Waals surface area (Å²) >= 11 is 0. The van der Waals surface area contributed by atoms with Gasteiger partial charge in [0, 0.05) is 29.3 Å². The second-order valence-corrected chi connectivity index (χ2v) is 5.70. The number of phenolic OH excluding ortho intramolecular Hbond substituents is 2. The highest BCUT2D eigenvalue weighted by molar-refractivity contribution is 5.94. The van der Waals surface area contributed by atoms with Gasteiger partial charge in [0.15, 0.2) is 17.3 Å². The van der Waals surface area contributed by atoms with Gasteiger partial charge in [0.2, 0.25) is 5.91 Å². The summed E-state index contributed by atoms with van der Waals surface area (Å²) in [6.45, 7) is 0. The van der Waals surface area contributed by atoms with Crippen LogP contribution in [-0.2, 0) is 11.2 Å². The molecule has 2 heterocycles. The first-order chi connectivity index (χ1) is 11.6. The van der Waals surface area contributed by atoms with Crippen LogP contribution in [0.1, 0.15) is 12.0 Å². The summed E-state index contributed by atoms with van der Waals surface area (Å²) in [5, 5.41) is 25.9. The number of anilines is 1. The molecule has 1 aliphatic heterocycles. The summed E-state index contributed by atoms with van der Waals surface area (Å²) in [5.74, 6) is 0.127. The predicted molar refractivity (Wildman–Crippen MR) is 87.7 cm³/mol. The normalized spacial score (nSPS) is 13.4. The summed E-state index contributed by atoms with van der Waals surface area (Å²) < 4.78 is 5.35. The number of nitrogens with zero attached hydrogens (tertiary/aromatic N) is 1. The molecule has 3 aromatic rings. The van der Waals surface area contributed by atoms with Crippen LogP contribution in [-0.4, -0.2) is 21.3 Å². The van der Waals surface area contributed by atoms with Crippen LogP contribution in [0.25, 0.3) is 22.6 Å². The van der Waals surface area contributed by atoms with Crippen LogP contribution in [0.15, 0.2) is 47.0 Å². The van der Waals surface area contributed by atoms with E-state index in [2.05, 4.69) is 10.5 Å². The van der Waals surface area contributed by atoms with Gasteiger partial charge in [0.05, 0.1) is 0 Å². The Morgan fingerprint density at radius 1 is 0.958 bits per heavy atom. The third-order valence-corrected chi connectivity index (χ3v) is 4.07. The SMILES string of the molecule is O=C1CCc2cc(-c3cc(-c4ccc(O)c(O)c4)on3)ccc2N1. The van der Waals surface area contributed by atoms with Gasteiger partial charge in [-0.3, -0.25) is 4.79 Å². The lowest BCUT2D eigenvalue weighted by Crippen LogP contribution is -2.18. The standard InChI is InChI=1S/C18H14N2O4/c21-15-5-2-12(8-16(15)22)17-9-14(20-24-17)11-1-4-13-10(7-11)3-6-18(23)19-13/h1-2,4-5,7-9,21-22H,3,6H2,(H,19,23). The summed E-state index contributed by atoms with van der Waals surface area (Å²) in [6, 6.07) is 12.0. The lowest BCUT2D eigenvalue weighted by Gasteiger charge is -2.16. The molecule has 120 valence electrons. The number of benzene rings is 2. The van der Waals surface area contributed by atoms with Crippen molar-refractivity contribution in [3.8, 4) is 34.1 Å². The molecule has 3 N–H and O–H groups in total. The minimum absolute atomic E-state index is 0.0334. The van der Waals surface area contributed by atoms with E-state index in [9.17, 15) is 15.0 Å². The van der Waals surface area contributed by atoms with Gasteiger partial charge < -0.3 is 20.1 Å². The zero-order valence-corrected chi connectivity index (χ0v) is 12.6. The first-order valence-electron chi connectivity index (χ1n) is 7.52. The molecule has 0 aliphatic carbocycles. The molecular formula is C18H14N2O4. The van der Waals surface area contributed by atoms with Crippen LogP contribution in [0.5, 0.6) is 11.5 Å². The predicted octanol–water partition coefficient (Wildman–Crippen LogP) is 3.30. The maximum absolute atomic E-state index is 11.4. The van der Waals surface area contributed by atoms with E-state index in [4.69, 9.17) is 4.52 Å². The molecule has 6 heteroatoms. The number of carbonyl (C=O) groups is 1. The van der Waals surface area contributed by atoms with Crippen LogP contribution in [0.3, 0.4) is 0 Å². The highest BCUT2D eigenvalue weighted by atomic mass is 16.5. The van der Waals surface area contributed by atoms with Gasteiger partial charge in [0.1, 0.15) is 5.69 Å². The molecule has 0 saturated heterocycles. The number of hydrogen-bond donors (Lipinski definition) is 3. The zero-order chi connectivity index (χ0) is 16.7. The number of aromatic nitrogens is 1. The molecule has 1 aromatic heterocycles. The fourth-order valence-corrected chi connectivity index (χ4v) is 2.77. The minimum atomic E-state index is -0.213. The van der Waals surface area contributed by atoms with Crippen LogP contribution >= 0.6 is 0 Å². The average molecular weight is 322 g/mol. The molecule has 0 fully saturated rings. The maximum Gasteiger partial charge on any atom is 0.224 e. The molecule has 4 rings (SSSR count). The molecule has 0 atom stereocenters. The van der Waals surface area contributed by atoms with E-state index in [1.807, 2.05) is 18.2 Å². The number of rotatable bonds is 2. The van der Waals surface area contributed by atoms with Gasteiger partial charge in [-0.2, -0.15) is 0 Å². The van der Waals surface area contributed by atoms with Crippen molar-refractivity contribution in [1.29, 1.82) is 0 Å². The lowest BCUT2D eigenvalue weighted by atomic mass is 9.99. The number of phenols is 2. The topological polar surface area (TPSA) is 95.6 Å². The van der Waals surface area contributed by atoms with E-state index in [0.717, 1.165) is 16.8 Å². The Hall–Kier alpha value is -3.28. The van der Waals surface area contributed by atoms with Crippen molar-refractivity contribution in [2.24, 2.45) is 0 Å². The maximum atomic E-state index is 11.4. The molecule has 1 amide bonds. The van der Waals surface area contributed by atoms with Gasteiger partial charge in [-0.25, -0.2) is 0 Å². The molecule has 0 saturated carbocycles. The van der Waals surface area contributed by atoms with Gasteiger partial charge >= 0.3 is 0 Å². The van der Waals surface area contributed by atoms with Gasteiger partial charge in [-0.05, 0) is 42.3 Å². The van der Waals surface area contributed by atoms with Crippen LogP contribution < -0.4 is 5.32 Å². The zero-order valence-electron chi connectivity index (χ0n) is 12.6.